The van der Waals surface area contributed by atoms with Crippen LogP contribution in [0.2, 0.25) is 0 Å². The number of thiazole rings is 1. The van der Waals surface area contributed by atoms with Gasteiger partial charge in [-0.1, -0.05) is 24.3 Å². The molecule has 0 bridgehead atoms. The minimum atomic E-state index is -3.63. The second-order valence-corrected chi connectivity index (χ2v) is 10.7. The topological polar surface area (TPSA) is 103 Å². The number of non-ortho nitro benzene ring substituents is 1. The van der Waals surface area contributed by atoms with E-state index < -0.39 is 20.0 Å². The lowest BCUT2D eigenvalue weighted by Crippen LogP contribution is -2.39. The summed E-state index contributed by atoms with van der Waals surface area (Å²) in [5.74, 6) is 0.828. The number of aromatic nitrogens is 1. The number of ether oxygens (including phenoxy) is 1. The van der Waals surface area contributed by atoms with Gasteiger partial charge in [0, 0.05) is 42.6 Å². The average molecular weight is 474 g/mol. The fraction of sp³-hybridized carbons (Fsp3) is 0.318. The lowest BCUT2D eigenvalue weighted by atomic mass is 10.1. The van der Waals surface area contributed by atoms with Crippen molar-refractivity contribution in [1.29, 1.82) is 0 Å². The first-order chi connectivity index (χ1) is 15.4. The number of rotatable bonds is 7. The third-order valence-corrected chi connectivity index (χ3v) is 8.82. The lowest BCUT2D eigenvalue weighted by molar-refractivity contribution is -0.385. The van der Waals surface area contributed by atoms with Crippen molar-refractivity contribution in [1.82, 2.24) is 4.98 Å². The van der Waals surface area contributed by atoms with Crippen LogP contribution in [0.1, 0.15) is 24.1 Å². The van der Waals surface area contributed by atoms with Crippen LogP contribution in [0.25, 0.3) is 0 Å². The number of piperidine rings is 1. The van der Waals surface area contributed by atoms with E-state index in [1.807, 2.05) is 29.6 Å². The summed E-state index contributed by atoms with van der Waals surface area (Å²) in [5, 5.41) is 13.3. The molecule has 0 unspecified atom stereocenters. The Bertz CT molecular complexity index is 1220. The Hall–Kier alpha value is -2.98. The van der Waals surface area contributed by atoms with E-state index in [1.54, 1.807) is 18.4 Å². The highest BCUT2D eigenvalue weighted by Crippen LogP contribution is 2.31. The third kappa shape index (κ3) is 4.61. The van der Waals surface area contributed by atoms with Crippen LogP contribution in [0.5, 0.6) is 5.75 Å². The Kier molecular flexibility index (Phi) is 6.43. The van der Waals surface area contributed by atoms with Crippen LogP contribution >= 0.6 is 11.3 Å². The molecule has 1 aromatic heterocycles. The van der Waals surface area contributed by atoms with E-state index in [4.69, 9.17) is 9.72 Å². The molecule has 0 saturated carbocycles. The first-order valence-electron chi connectivity index (χ1n) is 10.2. The minimum Gasteiger partial charge on any atom is -0.496 e. The van der Waals surface area contributed by atoms with Crippen molar-refractivity contribution >= 4 is 32.0 Å². The predicted octanol–water partition coefficient (Wildman–Crippen LogP) is 4.09. The quantitative estimate of drug-likeness (QED) is 0.376. The Morgan fingerprint density at radius 3 is 2.66 bits per heavy atom. The Labute approximate surface area is 190 Å². The van der Waals surface area contributed by atoms with E-state index in [-0.39, 0.29) is 10.6 Å². The predicted molar refractivity (Wildman–Crippen MR) is 123 cm³/mol. The zero-order valence-corrected chi connectivity index (χ0v) is 19.1. The number of sulfone groups is 1. The summed E-state index contributed by atoms with van der Waals surface area (Å²) in [5.41, 5.74) is 1.79. The number of anilines is 1. The standard InChI is InChI=1S/C22H23N3O5S2/c1-30-21-8-3-2-5-16(21)13-17-15-31-22(23-17)24-11-9-19(10-12-24)32(28,29)20-7-4-6-18(14-20)25(26)27/h2-8,14-15,19H,9-13H2,1H3. The molecule has 4 rings (SSSR count). The van der Waals surface area contributed by atoms with Gasteiger partial charge in [0.2, 0.25) is 0 Å². The Balaban J connectivity index is 1.42. The number of nitrogens with zero attached hydrogens (tertiary/aromatic N) is 3. The summed E-state index contributed by atoms with van der Waals surface area (Å²) in [6, 6.07) is 13.1. The number of nitro groups is 1. The summed E-state index contributed by atoms with van der Waals surface area (Å²) in [6.07, 6.45) is 1.57. The molecule has 0 spiro atoms. The maximum absolute atomic E-state index is 13.0. The smallest absolute Gasteiger partial charge is 0.270 e. The number of hydrogen-bond acceptors (Lipinski definition) is 8. The maximum atomic E-state index is 13.0. The lowest BCUT2D eigenvalue weighted by Gasteiger charge is -2.31. The zero-order valence-electron chi connectivity index (χ0n) is 17.5. The second-order valence-electron chi connectivity index (χ2n) is 7.60. The highest BCUT2D eigenvalue weighted by Gasteiger charge is 2.32. The van der Waals surface area contributed by atoms with Crippen LogP contribution in [0.4, 0.5) is 10.8 Å². The maximum Gasteiger partial charge on any atom is 0.270 e. The van der Waals surface area contributed by atoms with Gasteiger partial charge in [0.1, 0.15) is 5.75 Å². The number of benzene rings is 2. The SMILES string of the molecule is COc1ccccc1Cc1csc(N2CCC(S(=O)(=O)c3cccc([N+](=O)[O-])c3)CC2)n1. The molecule has 0 radical (unpaired) electrons. The van der Waals surface area contributed by atoms with Crippen molar-refractivity contribution in [3.8, 4) is 5.75 Å². The second kappa shape index (κ2) is 9.25. The molecule has 0 aliphatic carbocycles. The molecule has 2 aromatic carbocycles. The van der Waals surface area contributed by atoms with Gasteiger partial charge in [0.15, 0.2) is 15.0 Å². The highest BCUT2D eigenvalue weighted by molar-refractivity contribution is 7.92. The number of methoxy groups -OCH3 is 1. The molecule has 1 aliphatic rings. The average Bonchev–Trinajstić information content (AvgIpc) is 3.28. The van der Waals surface area contributed by atoms with Crippen molar-refractivity contribution in [3.05, 3.63) is 75.3 Å². The summed E-state index contributed by atoms with van der Waals surface area (Å²) in [6.45, 7) is 1.14. The molecular formula is C22H23N3O5S2. The van der Waals surface area contributed by atoms with Gasteiger partial charge in [-0.05, 0) is 25.0 Å². The van der Waals surface area contributed by atoms with E-state index >= 15 is 0 Å². The summed E-state index contributed by atoms with van der Waals surface area (Å²) >= 11 is 1.55. The van der Waals surface area contributed by atoms with E-state index in [1.165, 1.54) is 18.2 Å². The number of hydrogen-bond donors (Lipinski definition) is 0. The molecular weight excluding hydrogens is 450 g/mol. The van der Waals surface area contributed by atoms with Gasteiger partial charge < -0.3 is 9.64 Å². The normalized spacial score (nSPS) is 15.0. The fourth-order valence-corrected chi connectivity index (χ4v) is 6.54. The molecule has 32 heavy (non-hydrogen) atoms. The van der Waals surface area contributed by atoms with Crippen LogP contribution in [-0.2, 0) is 16.3 Å². The molecule has 0 N–H and O–H groups in total. The number of para-hydroxylation sites is 1. The monoisotopic (exact) mass is 473 g/mol. The minimum absolute atomic E-state index is 0.0125. The molecule has 3 aromatic rings. The van der Waals surface area contributed by atoms with Gasteiger partial charge in [0.05, 0.1) is 27.9 Å². The molecule has 2 heterocycles. The molecule has 0 atom stereocenters. The van der Waals surface area contributed by atoms with Crippen molar-refractivity contribution in [3.63, 3.8) is 0 Å². The van der Waals surface area contributed by atoms with Gasteiger partial charge in [0.25, 0.3) is 5.69 Å². The summed E-state index contributed by atoms with van der Waals surface area (Å²) < 4.78 is 31.4. The molecule has 1 aliphatic heterocycles. The Morgan fingerprint density at radius 1 is 1.19 bits per heavy atom. The molecule has 1 saturated heterocycles. The van der Waals surface area contributed by atoms with Gasteiger partial charge in [-0.15, -0.1) is 11.3 Å². The van der Waals surface area contributed by atoms with Crippen LogP contribution in [-0.4, -0.2) is 43.8 Å². The molecule has 1 fully saturated rings. The summed E-state index contributed by atoms with van der Waals surface area (Å²) in [7, 11) is -1.98. The van der Waals surface area contributed by atoms with Gasteiger partial charge >= 0.3 is 0 Å². The molecule has 0 amide bonds. The fourth-order valence-electron chi connectivity index (χ4n) is 3.89. The van der Waals surface area contributed by atoms with Crippen molar-refractivity contribution in [2.45, 2.75) is 29.4 Å². The first kappa shape index (κ1) is 22.2. The van der Waals surface area contributed by atoms with Gasteiger partial charge in [-0.3, -0.25) is 10.1 Å². The van der Waals surface area contributed by atoms with Crippen LogP contribution in [0.3, 0.4) is 0 Å². The van der Waals surface area contributed by atoms with E-state index in [2.05, 4.69) is 4.90 Å². The molecule has 168 valence electrons. The van der Waals surface area contributed by atoms with Gasteiger partial charge in [-0.25, -0.2) is 13.4 Å². The summed E-state index contributed by atoms with van der Waals surface area (Å²) in [4.78, 5) is 17.3. The molecule has 8 nitrogen and oxygen atoms in total. The van der Waals surface area contributed by atoms with Crippen molar-refractivity contribution in [2.24, 2.45) is 0 Å². The first-order valence-corrected chi connectivity index (χ1v) is 12.6. The van der Waals surface area contributed by atoms with Crippen LogP contribution in [0.15, 0.2) is 58.8 Å². The Morgan fingerprint density at radius 2 is 1.94 bits per heavy atom. The van der Waals surface area contributed by atoms with E-state index in [0.717, 1.165) is 28.2 Å². The van der Waals surface area contributed by atoms with E-state index in [9.17, 15) is 18.5 Å². The van der Waals surface area contributed by atoms with Crippen molar-refractivity contribution < 1.29 is 18.1 Å². The van der Waals surface area contributed by atoms with Crippen LogP contribution in [0, 0.1) is 10.1 Å². The highest BCUT2D eigenvalue weighted by atomic mass is 32.2. The van der Waals surface area contributed by atoms with Crippen molar-refractivity contribution in [2.75, 3.05) is 25.1 Å². The molecule has 10 heteroatoms. The van der Waals surface area contributed by atoms with Gasteiger partial charge in [-0.2, -0.15) is 0 Å². The third-order valence-electron chi connectivity index (χ3n) is 5.61. The largest absolute Gasteiger partial charge is 0.496 e. The number of nitro benzene ring substituents is 1. The zero-order chi connectivity index (χ0) is 22.7. The van der Waals surface area contributed by atoms with E-state index in [0.29, 0.717) is 32.4 Å². The van der Waals surface area contributed by atoms with Crippen LogP contribution < -0.4 is 9.64 Å².